The summed E-state index contributed by atoms with van der Waals surface area (Å²) in [5.41, 5.74) is 10.5. The van der Waals surface area contributed by atoms with Gasteiger partial charge in [-0.2, -0.15) is 0 Å². The average molecular weight is 205 g/mol. The van der Waals surface area contributed by atoms with Crippen molar-refractivity contribution < 1.29 is 29.6 Å². The Kier molecular flexibility index (Phi) is 4.89. The molecule has 0 aliphatic heterocycles. The summed E-state index contributed by atoms with van der Waals surface area (Å²) in [5, 5.41) is 0. The Hall–Kier alpha value is -0.760. The molecule has 1 N–H and O–H groups in total. The van der Waals surface area contributed by atoms with Gasteiger partial charge in [-0.1, -0.05) is 54.6 Å². The molecule has 0 saturated heterocycles. The van der Waals surface area contributed by atoms with Crippen LogP contribution >= 0.6 is 0 Å². The number of hydrogen-bond acceptors (Lipinski definition) is 0. The maximum absolute atomic E-state index is 7.37. The minimum Gasteiger partial charge on any atom is -0.699 e. The molecule has 2 rings (SSSR count). The second-order valence-electron chi connectivity index (χ2n) is 3.36. The van der Waals surface area contributed by atoms with Crippen LogP contribution in [-0.2, 0) is 6.42 Å². The minimum absolute atomic E-state index is 0. The Balaban J connectivity index is 0.00000112. The van der Waals surface area contributed by atoms with Gasteiger partial charge < -0.3 is 5.73 Å². The summed E-state index contributed by atoms with van der Waals surface area (Å²) in [5.74, 6) is 0. The molecule has 2 heteroatoms. The second-order valence-corrected chi connectivity index (χ2v) is 3.36. The Bertz CT molecular complexity index is 395. The molecule has 0 saturated carbocycles. The fraction of sp³-hybridized carbons (Fsp3) is 0.0769. The van der Waals surface area contributed by atoms with E-state index in [4.69, 9.17) is 5.73 Å². The first kappa shape index (κ1) is 12.3. The van der Waals surface area contributed by atoms with Gasteiger partial charge in [0.15, 0.2) is 0 Å². The van der Waals surface area contributed by atoms with Gasteiger partial charge in [0.05, 0.1) is 0 Å². The second kappa shape index (κ2) is 5.96. The quantitative estimate of drug-likeness (QED) is 0.652. The van der Waals surface area contributed by atoms with Crippen molar-refractivity contribution in [1.82, 2.24) is 0 Å². The summed E-state index contributed by atoms with van der Waals surface area (Å²) in [6.45, 7) is 0. The van der Waals surface area contributed by atoms with Crippen LogP contribution in [0.2, 0.25) is 0 Å². The standard InChI is InChI=1S/C13H12N.Na/c14-13-8-6-12(7-9-13)10-11-4-2-1-3-5-11;/h1-9,14H,10H2;/q-1;+1. The van der Waals surface area contributed by atoms with Crippen LogP contribution in [0.3, 0.4) is 0 Å². The topological polar surface area (TPSA) is 23.8 Å². The Morgan fingerprint density at radius 1 is 0.733 bits per heavy atom. The van der Waals surface area contributed by atoms with Crippen molar-refractivity contribution in [3.63, 3.8) is 0 Å². The van der Waals surface area contributed by atoms with Crippen LogP contribution in [0, 0.1) is 0 Å². The SMILES string of the molecule is [NH-]c1ccc(Cc2ccccc2)cc1.[Na+]. The van der Waals surface area contributed by atoms with Crippen LogP contribution in [-0.4, -0.2) is 0 Å². The van der Waals surface area contributed by atoms with Gasteiger partial charge in [0.2, 0.25) is 0 Å². The molecular formula is C13H12NNa. The van der Waals surface area contributed by atoms with Gasteiger partial charge in [0, 0.05) is 0 Å². The van der Waals surface area contributed by atoms with Crippen LogP contribution in [0.1, 0.15) is 11.1 Å². The van der Waals surface area contributed by atoms with Crippen LogP contribution in [0.25, 0.3) is 5.73 Å². The average Bonchev–Trinajstić information content (AvgIpc) is 2.23. The first-order valence-corrected chi connectivity index (χ1v) is 4.69. The maximum Gasteiger partial charge on any atom is 1.00 e. The molecule has 1 nitrogen and oxygen atoms in total. The van der Waals surface area contributed by atoms with E-state index in [-0.39, 0.29) is 29.6 Å². The first-order chi connectivity index (χ1) is 6.84. The molecule has 0 atom stereocenters. The predicted molar refractivity (Wildman–Crippen MR) is 59.7 cm³/mol. The van der Waals surface area contributed by atoms with Crippen LogP contribution in [0.4, 0.5) is 5.69 Å². The summed E-state index contributed by atoms with van der Waals surface area (Å²) in [6, 6.07) is 18.0. The van der Waals surface area contributed by atoms with Gasteiger partial charge in [-0.3, -0.25) is 0 Å². The van der Waals surface area contributed by atoms with Crippen molar-refractivity contribution in [2.24, 2.45) is 0 Å². The van der Waals surface area contributed by atoms with E-state index in [1.54, 1.807) is 0 Å². The zero-order valence-corrected chi connectivity index (χ0v) is 10.9. The number of nitrogens with one attached hydrogen (secondary N) is 1. The van der Waals surface area contributed by atoms with E-state index in [0.717, 1.165) is 6.42 Å². The number of benzene rings is 2. The van der Waals surface area contributed by atoms with Crippen molar-refractivity contribution in [2.75, 3.05) is 0 Å². The van der Waals surface area contributed by atoms with E-state index < -0.39 is 0 Å². The van der Waals surface area contributed by atoms with E-state index in [1.165, 1.54) is 11.1 Å². The van der Waals surface area contributed by atoms with Crippen LogP contribution in [0.15, 0.2) is 54.6 Å². The van der Waals surface area contributed by atoms with E-state index in [0.29, 0.717) is 5.69 Å². The van der Waals surface area contributed by atoms with Crippen molar-refractivity contribution in [1.29, 1.82) is 0 Å². The first-order valence-electron chi connectivity index (χ1n) is 4.69. The van der Waals surface area contributed by atoms with Gasteiger partial charge in [0.1, 0.15) is 0 Å². The summed E-state index contributed by atoms with van der Waals surface area (Å²) in [6.07, 6.45) is 0.946. The van der Waals surface area contributed by atoms with Gasteiger partial charge in [-0.15, -0.1) is 5.69 Å². The van der Waals surface area contributed by atoms with Gasteiger partial charge >= 0.3 is 29.6 Å². The molecular weight excluding hydrogens is 193 g/mol. The summed E-state index contributed by atoms with van der Waals surface area (Å²) in [7, 11) is 0. The predicted octanol–water partition coefficient (Wildman–Crippen LogP) is 0.965. The zero-order valence-electron chi connectivity index (χ0n) is 8.90. The molecule has 0 aliphatic carbocycles. The molecule has 2 aromatic rings. The fourth-order valence-corrected chi connectivity index (χ4v) is 1.45. The van der Waals surface area contributed by atoms with E-state index in [2.05, 4.69) is 12.1 Å². The van der Waals surface area contributed by atoms with Gasteiger partial charge in [-0.25, -0.2) is 0 Å². The molecule has 0 fully saturated rings. The third-order valence-electron chi connectivity index (χ3n) is 2.21. The molecule has 0 spiro atoms. The fourth-order valence-electron chi connectivity index (χ4n) is 1.45. The van der Waals surface area contributed by atoms with Crippen molar-refractivity contribution >= 4 is 5.69 Å². The smallest absolute Gasteiger partial charge is 0.699 e. The molecule has 15 heavy (non-hydrogen) atoms. The van der Waals surface area contributed by atoms with E-state index >= 15 is 0 Å². The number of rotatable bonds is 2. The summed E-state index contributed by atoms with van der Waals surface area (Å²) >= 11 is 0. The monoisotopic (exact) mass is 205 g/mol. The molecule has 0 aliphatic rings. The largest absolute Gasteiger partial charge is 1.00 e. The number of hydrogen-bond donors (Lipinski definition) is 0. The molecule has 0 bridgehead atoms. The molecule has 2 aromatic carbocycles. The summed E-state index contributed by atoms with van der Waals surface area (Å²) in [4.78, 5) is 0. The Morgan fingerprint density at radius 2 is 1.27 bits per heavy atom. The zero-order chi connectivity index (χ0) is 9.80. The Labute approximate surface area is 113 Å². The molecule has 0 aromatic heterocycles. The third-order valence-corrected chi connectivity index (χ3v) is 2.21. The van der Waals surface area contributed by atoms with Crippen molar-refractivity contribution in [2.45, 2.75) is 6.42 Å². The van der Waals surface area contributed by atoms with E-state index in [9.17, 15) is 0 Å². The summed E-state index contributed by atoms with van der Waals surface area (Å²) < 4.78 is 0. The molecule has 0 radical (unpaired) electrons. The van der Waals surface area contributed by atoms with Crippen molar-refractivity contribution in [3.8, 4) is 0 Å². The van der Waals surface area contributed by atoms with Crippen LogP contribution < -0.4 is 29.6 Å². The maximum atomic E-state index is 7.37. The molecule has 0 heterocycles. The normalized spacial score (nSPS) is 9.33. The van der Waals surface area contributed by atoms with E-state index in [1.807, 2.05) is 42.5 Å². The third kappa shape index (κ3) is 3.71. The minimum atomic E-state index is 0. The molecule has 0 unspecified atom stereocenters. The van der Waals surface area contributed by atoms with Crippen LogP contribution in [0.5, 0.6) is 0 Å². The Morgan fingerprint density at radius 3 is 1.87 bits per heavy atom. The van der Waals surface area contributed by atoms with Gasteiger partial charge in [0.25, 0.3) is 0 Å². The van der Waals surface area contributed by atoms with Gasteiger partial charge in [-0.05, 0) is 17.5 Å². The van der Waals surface area contributed by atoms with Crippen molar-refractivity contribution in [3.05, 3.63) is 71.5 Å². The molecule has 0 amide bonds. The molecule has 70 valence electrons.